The predicted molar refractivity (Wildman–Crippen MR) is 91.2 cm³/mol. The number of anilines is 2. The molecule has 0 radical (unpaired) electrons. The number of rotatable bonds is 3. The van der Waals surface area contributed by atoms with Gasteiger partial charge in [-0.2, -0.15) is 0 Å². The van der Waals surface area contributed by atoms with Crippen molar-refractivity contribution in [2.75, 3.05) is 12.4 Å². The lowest BCUT2D eigenvalue weighted by molar-refractivity contribution is 0.0425. The van der Waals surface area contributed by atoms with Crippen LogP contribution in [0.15, 0.2) is 30.6 Å². The molecule has 1 aliphatic carbocycles. The molecule has 1 saturated heterocycles. The molecule has 0 saturated carbocycles. The van der Waals surface area contributed by atoms with E-state index in [1.54, 1.807) is 11.9 Å². The number of nitrogens with zero attached hydrogens (tertiary/aromatic N) is 3. The van der Waals surface area contributed by atoms with Crippen LogP contribution in [-0.2, 0) is 12.8 Å². The fraction of sp³-hybridized carbons (Fsp3) is 0.294. The van der Waals surface area contributed by atoms with Gasteiger partial charge in [-0.1, -0.05) is 6.07 Å². The fourth-order valence-electron chi connectivity index (χ4n) is 3.62. The summed E-state index contributed by atoms with van der Waals surface area (Å²) in [7, 11) is 1.69. The number of carboxylic acids is 1. The van der Waals surface area contributed by atoms with E-state index < -0.39 is 17.7 Å². The molecule has 1 fully saturated rings. The Bertz CT molecular complexity index is 918. The Morgan fingerprint density at radius 2 is 2.08 bits per heavy atom. The van der Waals surface area contributed by atoms with Crippen molar-refractivity contribution in [1.29, 1.82) is 0 Å². The minimum absolute atomic E-state index is 0.0945. The van der Waals surface area contributed by atoms with Gasteiger partial charge in [0.25, 0.3) is 0 Å². The molecule has 0 bridgehead atoms. The third-order valence-electron chi connectivity index (χ3n) is 5.10. The van der Waals surface area contributed by atoms with Gasteiger partial charge in [-0.15, -0.1) is 0 Å². The van der Waals surface area contributed by atoms with Crippen LogP contribution in [0.5, 0.6) is 0 Å². The Morgan fingerprint density at radius 1 is 1.31 bits per heavy atom. The zero-order valence-electron chi connectivity index (χ0n) is 13.9. The van der Waals surface area contributed by atoms with Gasteiger partial charge in [0.05, 0.1) is 5.54 Å². The second-order valence-corrected chi connectivity index (χ2v) is 6.57. The first-order valence-electron chi connectivity index (χ1n) is 8.06. The number of hydrogen-bond donors (Lipinski definition) is 4. The molecule has 1 aromatic carbocycles. The number of carbonyl (C=O) groups is 2. The number of aliphatic hydroxyl groups is 1. The average molecular weight is 355 g/mol. The molecule has 1 aliphatic heterocycles. The summed E-state index contributed by atoms with van der Waals surface area (Å²) < 4.78 is 0. The highest BCUT2D eigenvalue weighted by Gasteiger charge is 2.53. The Labute approximate surface area is 148 Å². The molecule has 2 heterocycles. The van der Waals surface area contributed by atoms with Crippen molar-refractivity contribution >= 4 is 23.5 Å². The normalized spacial score (nSPS) is 23.8. The number of urea groups is 1. The molecule has 2 aliphatic rings. The number of aromatic carboxylic acids is 1. The summed E-state index contributed by atoms with van der Waals surface area (Å²) in [5, 5.41) is 25.0. The van der Waals surface area contributed by atoms with E-state index in [1.165, 1.54) is 12.4 Å². The van der Waals surface area contributed by atoms with Crippen molar-refractivity contribution in [3.05, 3.63) is 47.4 Å². The average Bonchev–Trinajstić information content (AvgIpc) is 3.09. The van der Waals surface area contributed by atoms with E-state index in [1.807, 2.05) is 18.2 Å². The van der Waals surface area contributed by atoms with Crippen LogP contribution in [0.25, 0.3) is 0 Å². The largest absolute Gasteiger partial charge is 0.477 e. The number of fused-ring (bicyclic) bond motifs is 1. The van der Waals surface area contributed by atoms with E-state index >= 15 is 0 Å². The summed E-state index contributed by atoms with van der Waals surface area (Å²) in [4.78, 5) is 32.2. The molecule has 4 rings (SSSR count). The number of carboxylic acid groups (broad SMARTS) is 1. The highest BCUT2D eigenvalue weighted by Crippen LogP contribution is 2.40. The molecule has 9 heteroatoms. The van der Waals surface area contributed by atoms with Gasteiger partial charge >= 0.3 is 12.0 Å². The van der Waals surface area contributed by atoms with E-state index in [2.05, 4.69) is 20.6 Å². The van der Waals surface area contributed by atoms with Crippen LogP contribution in [-0.4, -0.2) is 55.9 Å². The zero-order chi connectivity index (χ0) is 18.5. The fourth-order valence-corrected chi connectivity index (χ4v) is 3.62. The topological polar surface area (TPSA) is 128 Å². The highest BCUT2D eigenvalue weighted by atomic mass is 16.4. The Morgan fingerprint density at radius 3 is 2.77 bits per heavy atom. The number of benzene rings is 1. The second-order valence-electron chi connectivity index (χ2n) is 6.57. The van der Waals surface area contributed by atoms with Gasteiger partial charge in [-0.25, -0.2) is 19.6 Å². The second kappa shape index (κ2) is 5.67. The molecule has 4 N–H and O–H groups in total. The summed E-state index contributed by atoms with van der Waals surface area (Å²) in [5.74, 6) is -0.748. The molecule has 26 heavy (non-hydrogen) atoms. The van der Waals surface area contributed by atoms with Gasteiger partial charge in [0.15, 0.2) is 11.9 Å². The zero-order valence-corrected chi connectivity index (χ0v) is 13.9. The molecule has 2 amide bonds. The summed E-state index contributed by atoms with van der Waals surface area (Å²) in [6.45, 7) is 0. The first-order chi connectivity index (χ1) is 12.4. The van der Waals surface area contributed by atoms with Gasteiger partial charge in [0.1, 0.15) is 12.1 Å². The maximum Gasteiger partial charge on any atom is 0.354 e. The molecule has 2 aromatic rings. The smallest absolute Gasteiger partial charge is 0.354 e. The van der Waals surface area contributed by atoms with Crippen molar-refractivity contribution in [3.63, 3.8) is 0 Å². The number of hydrogen-bond acceptors (Lipinski definition) is 6. The van der Waals surface area contributed by atoms with Crippen LogP contribution < -0.4 is 10.6 Å². The number of likely N-dealkylation sites (N-methyl/N-ethyl adjacent to an activating group) is 1. The Hall–Kier alpha value is -3.20. The molecule has 9 nitrogen and oxygen atoms in total. The van der Waals surface area contributed by atoms with E-state index in [-0.39, 0.29) is 11.7 Å². The minimum atomic E-state index is -1.12. The first-order valence-corrected chi connectivity index (χ1v) is 8.06. The standard InChI is InChI=1S/C17H17N5O4/c1-22-16(26)21-15(25)17(22)6-9-2-3-11(4-10(9)7-17)20-13-5-12(14(23)24)18-8-19-13/h2-5,8,15,25H,6-7H2,1H3,(H,21,26)(H,23,24)(H,18,19,20). The van der Waals surface area contributed by atoms with Crippen LogP contribution >= 0.6 is 0 Å². The van der Waals surface area contributed by atoms with Gasteiger partial charge in [0, 0.05) is 31.6 Å². The van der Waals surface area contributed by atoms with E-state index in [4.69, 9.17) is 5.11 Å². The van der Waals surface area contributed by atoms with Crippen molar-refractivity contribution in [3.8, 4) is 0 Å². The quantitative estimate of drug-likeness (QED) is 0.639. The van der Waals surface area contributed by atoms with Crippen molar-refractivity contribution in [1.82, 2.24) is 20.2 Å². The monoisotopic (exact) mass is 355 g/mol. The molecule has 1 spiro atoms. The van der Waals surface area contributed by atoms with Crippen molar-refractivity contribution in [2.24, 2.45) is 0 Å². The summed E-state index contributed by atoms with van der Waals surface area (Å²) >= 11 is 0. The van der Waals surface area contributed by atoms with Gasteiger partial charge < -0.3 is 25.7 Å². The maximum atomic E-state index is 11.9. The van der Waals surface area contributed by atoms with Gasteiger partial charge in [0.2, 0.25) is 0 Å². The van der Waals surface area contributed by atoms with Crippen LogP contribution in [0.4, 0.5) is 16.3 Å². The lowest BCUT2D eigenvalue weighted by atomic mass is 9.93. The van der Waals surface area contributed by atoms with Crippen LogP contribution in [0.2, 0.25) is 0 Å². The molecule has 134 valence electrons. The lowest BCUT2D eigenvalue weighted by Crippen LogP contribution is -2.51. The van der Waals surface area contributed by atoms with Gasteiger partial charge in [-0.3, -0.25) is 0 Å². The molecular formula is C17H17N5O4. The number of amides is 2. The van der Waals surface area contributed by atoms with Gasteiger partial charge in [-0.05, 0) is 23.3 Å². The Kier molecular flexibility index (Phi) is 3.55. The number of aromatic nitrogens is 2. The Balaban J connectivity index is 1.59. The third kappa shape index (κ3) is 2.44. The van der Waals surface area contributed by atoms with E-state index in [0.717, 1.165) is 16.8 Å². The van der Waals surface area contributed by atoms with E-state index in [0.29, 0.717) is 18.7 Å². The molecule has 1 aromatic heterocycles. The summed E-state index contributed by atoms with van der Waals surface area (Å²) in [6, 6.07) is 6.79. The number of carbonyl (C=O) groups excluding carboxylic acids is 1. The summed E-state index contributed by atoms with van der Waals surface area (Å²) in [5.41, 5.74) is 2.05. The third-order valence-corrected chi connectivity index (χ3v) is 5.10. The maximum absolute atomic E-state index is 11.9. The summed E-state index contributed by atoms with van der Waals surface area (Å²) in [6.07, 6.45) is 1.35. The van der Waals surface area contributed by atoms with Crippen molar-refractivity contribution in [2.45, 2.75) is 24.6 Å². The number of nitrogens with one attached hydrogen (secondary N) is 2. The van der Waals surface area contributed by atoms with Crippen molar-refractivity contribution < 1.29 is 19.8 Å². The number of aliphatic hydroxyl groups excluding tert-OH is 1. The van der Waals surface area contributed by atoms with Crippen LogP contribution in [0.3, 0.4) is 0 Å². The molecular weight excluding hydrogens is 338 g/mol. The first kappa shape index (κ1) is 16.3. The van der Waals surface area contributed by atoms with Crippen LogP contribution in [0, 0.1) is 0 Å². The van der Waals surface area contributed by atoms with E-state index in [9.17, 15) is 14.7 Å². The SMILES string of the molecule is CN1C(=O)NC(O)C12Cc1ccc(Nc3cc(C(=O)O)ncn3)cc1C2. The highest BCUT2D eigenvalue weighted by molar-refractivity contribution is 5.86. The lowest BCUT2D eigenvalue weighted by Gasteiger charge is -2.32. The minimum Gasteiger partial charge on any atom is -0.477 e. The predicted octanol–water partition coefficient (Wildman–Crippen LogP) is 0.729. The molecule has 2 atom stereocenters. The molecule has 2 unspecified atom stereocenters. The van der Waals surface area contributed by atoms with Crippen LogP contribution in [0.1, 0.15) is 21.6 Å².